The Balaban J connectivity index is 0.00000151. The van der Waals surface area contributed by atoms with Crippen LogP contribution >= 0.6 is 0 Å². The van der Waals surface area contributed by atoms with Crippen molar-refractivity contribution in [1.82, 2.24) is 15.1 Å². The van der Waals surface area contributed by atoms with E-state index in [-0.39, 0.29) is 0 Å². The third-order valence-electron chi connectivity index (χ3n) is 5.32. The molecular formula is C18H36F3N3O. The smallest absolute Gasteiger partial charge is 0.351 e. The van der Waals surface area contributed by atoms with Crippen LogP contribution < -0.4 is 5.32 Å². The summed E-state index contributed by atoms with van der Waals surface area (Å²) in [5, 5.41) is 2.97. The van der Waals surface area contributed by atoms with Gasteiger partial charge in [0.05, 0.1) is 0 Å². The monoisotopic (exact) mass is 367 g/mol. The van der Waals surface area contributed by atoms with Crippen molar-refractivity contribution in [3.8, 4) is 0 Å². The minimum Gasteiger partial charge on any atom is -0.351 e. The van der Waals surface area contributed by atoms with Gasteiger partial charge in [-0.2, -0.15) is 13.2 Å². The predicted octanol–water partition coefficient (Wildman–Crippen LogP) is 3.33. The van der Waals surface area contributed by atoms with Crippen LogP contribution in [-0.2, 0) is 4.74 Å². The molecule has 7 heteroatoms. The Kier molecular flexibility index (Phi) is 9.70. The Morgan fingerprint density at radius 2 is 1.64 bits per heavy atom. The molecule has 2 aliphatic heterocycles. The van der Waals surface area contributed by atoms with E-state index in [2.05, 4.69) is 22.2 Å². The second-order valence-electron chi connectivity index (χ2n) is 7.03. The summed E-state index contributed by atoms with van der Waals surface area (Å²) in [7, 11) is 3.85. The van der Waals surface area contributed by atoms with E-state index in [4.69, 9.17) is 4.74 Å². The third kappa shape index (κ3) is 8.24. The Morgan fingerprint density at radius 1 is 1.08 bits per heavy atom. The number of rotatable bonds is 6. The molecule has 0 aliphatic carbocycles. The molecule has 0 unspecified atom stereocenters. The van der Waals surface area contributed by atoms with Crippen molar-refractivity contribution in [2.24, 2.45) is 5.92 Å². The van der Waals surface area contributed by atoms with Gasteiger partial charge in [0, 0.05) is 25.9 Å². The molecule has 1 N–H and O–H groups in total. The number of hydrogen-bond acceptors (Lipinski definition) is 4. The normalized spacial score (nSPS) is 23.2. The predicted molar refractivity (Wildman–Crippen MR) is 95.7 cm³/mol. The SMILES string of the molecule is CC.CNC1(OCC(F)(F)F)CCN(CCC2CCN(C)CC2)CC1. The van der Waals surface area contributed by atoms with Gasteiger partial charge in [0.2, 0.25) is 0 Å². The first-order chi connectivity index (χ1) is 11.8. The topological polar surface area (TPSA) is 27.7 Å². The lowest BCUT2D eigenvalue weighted by Crippen LogP contribution is -2.55. The highest BCUT2D eigenvalue weighted by molar-refractivity contribution is 4.85. The maximum Gasteiger partial charge on any atom is 0.411 e. The molecule has 2 rings (SSSR count). The average Bonchev–Trinajstić information content (AvgIpc) is 2.62. The summed E-state index contributed by atoms with van der Waals surface area (Å²) in [5.74, 6) is 0.795. The first-order valence-corrected chi connectivity index (χ1v) is 9.62. The molecule has 25 heavy (non-hydrogen) atoms. The number of piperidine rings is 2. The standard InChI is InChI=1S/C16H30F3N3O.C2H6/c1-20-15(23-13-16(17,18)19)6-11-22(12-7-15)10-5-14-3-8-21(2)9-4-14;1-2/h14,20H,3-13H2,1-2H3;1-2H3. The molecule has 2 saturated heterocycles. The number of hydrogen-bond donors (Lipinski definition) is 1. The fourth-order valence-corrected chi connectivity index (χ4v) is 3.54. The van der Waals surface area contributed by atoms with Crippen LogP contribution in [0.15, 0.2) is 0 Å². The molecule has 0 atom stereocenters. The van der Waals surface area contributed by atoms with Gasteiger partial charge < -0.3 is 14.5 Å². The molecule has 2 fully saturated rings. The summed E-state index contributed by atoms with van der Waals surface area (Å²) in [6.45, 7) is 7.82. The quantitative estimate of drug-likeness (QED) is 0.729. The van der Waals surface area contributed by atoms with Gasteiger partial charge in [-0.3, -0.25) is 5.32 Å². The molecule has 150 valence electrons. The molecular weight excluding hydrogens is 331 g/mol. The summed E-state index contributed by atoms with van der Waals surface area (Å²) in [4.78, 5) is 4.74. The zero-order valence-electron chi connectivity index (χ0n) is 16.3. The summed E-state index contributed by atoms with van der Waals surface area (Å²) in [6, 6.07) is 0. The van der Waals surface area contributed by atoms with Crippen LogP contribution in [0.2, 0.25) is 0 Å². The van der Waals surface area contributed by atoms with Crippen LogP contribution in [0.3, 0.4) is 0 Å². The molecule has 0 saturated carbocycles. The third-order valence-corrected chi connectivity index (χ3v) is 5.32. The van der Waals surface area contributed by atoms with Gasteiger partial charge in [-0.15, -0.1) is 0 Å². The molecule has 0 radical (unpaired) electrons. The van der Waals surface area contributed by atoms with Crippen LogP contribution in [0.4, 0.5) is 13.2 Å². The van der Waals surface area contributed by atoms with E-state index in [0.29, 0.717) is 12.8 Å². The number of halogens is 3. The number of alkyl halides is 3. The molecule has 2 heterocycles. The largest absolute Gasteiger partial charge is 0.411 e. The number of nitrogens with zero attached hydrogens (tertiary/aromatic N) is 2. The molecule has 0 spiro atoms. The van der Waals surface area contributed by atoms with Crippen LogP contribution in [0.5, 0.6) is 0 Å². The zero-order valence-corrected chi connectivity index (χ0v) is 16.3. The lowest BCUT2D eigenvalue weighted by molar-refractivity contribution is -0.219. The van der Waals surface area contributed by atoms with Crippen LogP contribution in [-0.4, -0.2) is 75.1 Å². The minimum absolute atomic E-state index is 0.604. The summed E-state index contributed by atoms with van der Waals surface area (Å²) in [5.41, 5.74) is -0.820. The number of nitrogens with one attached hydrogen (secondary N) is 1. The van der Waals surface area contributed by atoms with Crippen LogP contribution in [0, 0.1) is 5.92 Å². The van der Waals surface area contributed by atoms with Crippen molar-refractivity contribution in [2.75, 3.05) is 53.4 Å². The van der Waals surface area contributed by atoms with Crippen molar-refractivity contribution < 1.29 is 17.9 Å². The molecule has 0 bridgehead atoms. The minimum atomic E-state index is -4.27. The number of likely N-dealkylation sites (tertiary alicyclic amines) is 2. The van der Waals surface area contributed by atoms with Gasteiger partial charge in [-0.05, 0) is 58.9 Å². The second-order valence-corrected chi connectivity index (χ2v) is 7.03. The lowest BCUT2D eigenvalue weighted by Gasteiger charge is -2.42. The summed E-state index contributed by atoms with van der Waals surface area (Å²) in [6.07, 6.45) is 0.665. The van der Waals surface area contributed by atoms with E-state index in [9.17, 15) is 13.2 Å². The van der Waals surface area contributed by atoms with E-state index >= 15 is 0 Å². The maximum atomic E-state index is 12.4. The highest BCUT2D eigenvalue weighted by Crippen LogP contribution is 2.27. The Hall–Kier alpha value is -0.370. The molecule has 0 aromatic carbocycles. The Labute approximate surface area is 151 Å². The van der Waals surface area contributed by atoms with Crippen molar-refractivity contribution in [3.05, 3.63) is 0 Å². The number of ether oxygens (including phenoxy) is 1. The summed E-state index contributed by atoms with van der Waals surface area (Å²) < 4.78 is 42.3. The van der Waals surface area contributed by atoms with E-state index < -0.39 is 18.5 Å². The summed E-state index contributed by atoms with van der Waals surface area (Å²) >= 11 is 0. The van der Waals surface area contributed by atoms with E-state index in [0.717, 1.165) is 25.6 Å². The zero-order chi connectivity index (χ0) is 18.9. The van der Waals surface area contributed by atoms with E-state index in [1.807, 2.05) is 13.8 Å². The Bertz CT molecular complexity index is 350. The highest BCUT2D eigenvalue weighted by atomic mass is 19.4. The Morgan fingerprint density at radius 3 is 2.12 bits per heavy atom. The van der Waals surface area contributed by atoms with Crippen molar-refractivity contribution >= 4 is 0 Å². The van der Waals surface area contributed by atoms with Crippen molar-refractivity contribution in [1.29, 1.82) is 0 Å². The highest BCUT2D eigenvalue weighted by Gasteiger charge is 2.38. The van der Waals surface area contributed by atoms with Crippen molar-refractivity contribution in [2.45, 2.75) is 57.9 Å². The first kappa shape index (κ1) is 22.7. The molecule has 0 aromatic heterocycles. The van der Waals surface area contributed by atoms with Gasteiger partial charge >= 0.3 is 6.18 Å². The van der Waals surface area contributed by atoms with Crippen LogP contribution in [0.25, 0.3) is 0 Å². The molecule has 0 aromatic rings. The van der Waals surface area contributed by atoms with Crippen LogP contribution in [0.1, 0.15) is 46.0 Å². The average molecular weight is 368 g/mol. The molecule has 4 nitrogen and oxygen atoms in total. The second kappa shape index (κ2) is 10.7. The van der Waals surface area contributed by atoms with Gasteiger partial charge in [-0.25, -0.2) is 0 Å². The molecule has 2 aliphatic rings. The fourth-order valence-electron chi connectivity index (χ4n) is 3.54. The van der Waals surface area contributed by atoms with E-state index in [1.165, 1.54) is 32.4 Å². The fraction of sp³-hybridized carbons (Fsp3) is 1.00. The van der Waals surface area contributed by atoms with Gasteiger partial charge in [-0.1, -0.05) is 13.8 Å². The van der Waals surface area contributed by atoms with Gasteiger partial charge in [0.25, 0.3) is 0 Å². The van der Waals surface area contributed by atoms with Gasteiger partial charge in [0.1, 0.15) is 12.3 Å². The maximum absolute atomic E-state index is 12.4. The van der Waals surface area contributed by atoms with Gasteiger partial charge in [0.15, 0.2) is 0 Å². The molecule has 0 amide bonds. The van der Waals surface area contributed by atoms with E-state index in [1.54, 1.807) is 7.05 Å². The first-order valence-electron chi connectivity index (χ1n) is 9.62. The van der Waals surface area contributed by atoms with Crippen molar-refractivity contribution in [3.63, 3.8) is 0 Å². The lowest BCUT2D eigenvalue weighted by atomic mass is 9.93.